The van der Waals surface area contributed by atoms with Gasteiger partial charge in [0.25, 0.3) is 10.0 Å². The van der Waals surface area contributed by atoms with Crippen molar-refractivity contribution in [2.24, 2.45) is 0 Å². The van der Waals surface area contributed by atoms with E-state index in [-0.39, 0.29) is 23.5 Å². The molecule has 2 N–H and O–H groups in total. The Hall–Kier alpha value is -4.38. The van der Waals surface area contributed by atoms with E-state index in [0.717, 1.165) is 35.9 Å². The zero-order valence-corrected chi connectivity index (χ0v) is 20.9. The molecule has 38 heavy (non-hydrogen) atoms. The molecule has 1 aliphatic carbocycles. The number of sulfonamides is 1. The molecule has 8 nitrogen and oxygen atoms in total. The summed E-state index contributed by atoms with van der Waals surface area (Å²) >= 11 is 0. The van der Waals surface area contributed by atoms with Crippen LogP contribution in [0, 0.1) is 11.6 Å². The molecule has 11 heteroatoms. The van der Waals surface area contributed by atoms with Crippen molar-refractivity contribution in [3.05, 3.63) is 84.2 Å². The number of fused-ring (bicyclic) bond motifs is 1. The number of carbonyl (C=O) groups excluding carboxylic acids is 1. The van der Waals surface area contributed by atoms with Crippen molar-refractivity contribution in [3.63, 3.8) is 0 Å². The molecular weight excluding hydrogens is 514 g/mol. The maximum atomic E-state index is 14.2. The van der Waals surface area contributed by atoms with E-state index in [9.17, 15) is 22.0 Å². The highest BCUT2D eigenvalue weighted by Crippen LogP contribution is 2.32. The monoisotopic (exact) mass is 536 g/mol. The molecule has 5 rings (SSSR count). The smallest absolute Gasteiger partial charge is 0.264 e. The number of rotatable bonds is 8. The van der Waals surface area contributed by atoms with E-state index in [0.29, 0.717) is 22.7 Å². The maximum absolute atomic E-state index is 14.2. The number of hydrogen-bond acceptors (Lipinski definition) is 6. The van der Waals surface area contributed by atoms with Crippen LogP contribution in [0.2, 0.25) is 0 Å². The molecule has 0 spiro atoms. The van der Waals surface area contributed by atoms with Crippen LogP contribution in [0.1, 0.15) is 18.4 Å². The molecule has 0 unspecified atom stereocenters. The van der Waals surface area contributed by atoms with Gasteiger partial charge < -0.3 is 10.1 Å². The Bertz CT molecular complexity index is 1690. The van der Waals surface area contributed by atoms with E-state index in [2.05, 4.69) is 20.0 Å². The summed E-state index contributed by atoms with van der Waals surface area (Å²) in [6.45, 7) is 0. The van der Waals surface area contributed by atoms with Gasteiger partial charge in [0.05, 0.1) is 12.6 Å². The Labute approximate surface area is 217 Å². The highest BCUT2D eigenvalue weighted by atomic mass is 32.2. The Morgan fingerprint density at radius 1 is 1.05 bits per heavy atom. The van der Waals surface area contributed by atoms with Crippen molar-refractivity contribution in [2.75, 3.05) is 11.8 Å². The Morgan fingerprint density at radius 3 is 2.61 bits per heavy atom. The van der Waals surface area contributed by atoms with E-state index >= 15 is 0 Å². The number of ether oxygens (including phenoxy) is 1. The largest absolute Gasteiger partial charge is 0.480 e. The summed E-state index contributed by atoms with van der Waals surface area (Å²) in [7, 11) is -3.10. The molecule has 1 saturated carbocycles. The number of amides is 1. The van der Waals surface area contributed by atoms with Gasteiger partial charge >= 0.3 is 0 Å². The van der Waals surface area contributed by atoms with E-state index in [1.807, 2.05) is 6.07 Å². The molecule has 2 aromatic carbocycles. The lowest BCUT2D eigenvalue weighted by molar-refractivity contribution is -0.116. The zero-order valence-electron chi connectivity index (χ0n) is 20.1. The number of carbonyl (C=O) groups is 1. The minimum Gasteiger partial charge on any atom is -0.480 e. The molecule has 4 aromatic rings. The number of aromatic nitrogens is 2. The third-order valence-corrected chi connectivity index (χ3v) is 7.32. The molecule has 1 fully saturated rings. The highest BCUT2D eigenvalue weighted by Gasteiger charge is 2.23. The normalized spacial score (nSPS) is 13.6. The Balaban J connectivity index is 1.49. The Morgan fingerprint density at radius 2 is 1.87 bits per heavy atom. The standard InChI is InChI=1S/C27H22F2N4O4S/c1-37-27-24(33-38(35,36)25-8-4-19(28)14-22(25)29)13-18(15-31-27)17-2-7-23-21(12-17)16(10-11-30-23)3-9-26(34)32-20-5-6-20/h2-4,7-15,20,33H,5-6H2,1H3,(H,32,34). The zero-order chi connectivity index (χ0) is 26.9. The first-order valence-corrected chi connectivity index (χ1v) is 13.1. The lowest BCUT2D eigenvalue weighted by atomic mass is 10.0. The third kappa shape index (κ3) is 5.47. The number of nitrogens with one attached hydrogen (secondary N) is 2. The van der Waals surface area contributed by atoms with Gasteiger partial charge in [0.2, 0.25) is 11.8 Å². The van der Waals surface area contributed by atoms with Crippen molar-refractivity contribution in [1.82, 2.24) is 15.3 Å². The van der Waals surface area contributed by atoms with Crippen molar-refractivity contribution >= 4 is 38.6 Å². The summed E-state index contributed by atoms with van der Waals surface area (Å²) < 4.78 is 60.7. The van der Waals surface area contributed by atoms with Gasteiger partial charge in [-0.05, 0) is 66.4 Å². The molecule has 0 saturated heterocycles. The van der Waals surface area contributed by atoms with Crippen LogP contribution >= 0.6 is 0 Å². The molecule has 2 heterocycles. The fourth-order valence-corrected chi connectivity index (χ4v) is 4.98. The fourth-order valence-electron chi connectivity index (χ4n) is 3.87. The first kappa shape index (κ1) is 25.3. The number of halogens is 2. The molecule has 0 radical (unpaired) electrons. The van der Waals surface area contributed by atoms with Crippen molar-refractivity contribution in [3.8, 4) is 17.0 Å². The fraction of sp³-hybridized carbons (Fsp3) is 0.148. The number of methoxy groups -OCH3 is 1. The lowest BCUT2D eigenvalue weighted by Crippen LogP contribution is -2.22. The molecule has 194 valence electrons. The second kappa shape index (κ2) is 10.2. The molecule has 2 aromatic heterocycles. The first-order chi connectivity index (χ1) is 18.2. The lowest BCUT2D eigenvalue weighted by Gasteiger charge is -2.13. The van der Waals surface area contributed by atoms with Crippen LogP contribution in [0.3, 0.4) is 0 Å². The van der Waals surface area contributed by atoms with Gasteiger partial charge in [-0.25, -0.2) is 22.2 Å². The van der Waals surface area contributed by atoms with Crippen molar-refractivity contribution in [2.45, 2.75) is 23.8 Å². The van der Waals surface area contributed by atoms with E-state index < -0.39 is 26.6 Å². The summed E-state index contributed by atoms with van der Waals surface area (Å²) in [6.07, 6.45) is 8.34. The SMILES string of the molecule is COc1ncc(-c2ccc3nccc(C=CC(=O)NC4CC4)c3c2)cc1NS(=O)(=O)c1ccc(F)cc1F. The average Bonchev–Trinajstić information content (AvgIpc) is 3.70. The van der Waals surface area contributed by atoms with Crippen LogP contribution in [-0.4, -0.2) is 37.4 Å². The van der Waals surface area contributed by atoms with E-state index in [1.165, 1.54) is 25.4 Å². The van der Waals surface area contributed by atoms with Crippen molar-refractivity contribution < 1.29 is 26.7 Å². The molecule has 0 atom stereocenters. The van der Waals surface area contributed by atoms with Crippen LogP contribution in [0.25, 0.3) is 28.1 Å². The van der Waals surface area contributed by atoms with Crippen LogP contribution in [0.5, 0.6) is 5.88 Å². The van der Waals surface area contributed by atoms with E-state index in [4.69, 9.17) is 4.74 Å². The highest BCUT2D eigenvalue weighted by molar-refractivity contribution is 7.92. The summed E-state index contributed by atoms with van der Waals surface area (Å²) in [4.78, 5) is 20.0. The van der Waals surface area contributed by atoms with Gasteiger partial charge in [0.1, 0.15) is 22.2 Å². The quantitative estimate of drug-likeness (QED) is 0.317. The predicted molar refractivity (Wildman–Crippen MR) is 139 cm³/mol. The van der Waals surface area contributed by atoms with Gasteiger partial charge in [-0.1, -0.05) is 6.07 Å². The average molecular weight is 537 g/mol. The number of anilines is 1. The molecule has 0 bridgehead atoms. The number of pyridine rings is 2. The van der Waals surface area contributed by atoms with Gasteiger partial charge in [0.15, 0.2) is 0 Å². The number of benzene rings is 2. The molecular formula is C27H22F2N4O4S. The number of nitrogens with zero attached hydrogens (tertiary/aromatic N) is 2. The Kier molecular flexibility index (Phi) is 6.77. The van der Waals surface area contributed by atoms with Crippen LogP contribution in [0.15, 0.2) is 71.9 Å². The minimum atomic E-state index is -4.42. The van der Waals surface area contributed by atoms with Crippen LogP contribution < -0.4 is 14.8 Å². The van der Waals surface area contributed by atoms with Crippen LogP contribution in [0.4, 0.5) is 14.5 Å². The number of hydrogen-bond donors (Lipinski definition) is 2. The summed E-state index contributed by atoms with van der Waals surface area (Å²) in [5.41, 5.74) is 2.67. The van der Waals surface area contributed by atoms with Crippen LogP contribution in [-0.2, 0) is 14.8 Å². The van der Waals surface area contributed by atoms with E-state index in [1.54, 1.807) is 30.5 Å². The van der Waals surface area contributed by atoms with Gasteiger partial charge in [0, 0.05) is 41.5 Å². The second-order valence-electron chi connectivity index (χ2n) is 8.71. The minimum absolute atomic E-state index is 0.0307. The third-order valence-electron chi connectivity index (χ3n) is 5.92. The summed E-state index contributed by atoms with van der Waals surface area (Å²) in [5.74, 6) is -2.32. The summed E-state index contributed by atoms with van der Waals surface area (Å²) in [5, 5.41) is 3.67. The molecule has 0 aliphatic heterocycles. The summed E-state index contributed by atoms with van der Waals surface area (Å²) in [6, 6.07) is 11.2. The van der Waals surface area contributed by atoms with Gasteiger partial charge in [-0.3, -0.25) is 14.5 Å². The first-order valence-electron chi connectivity index (χ1n) is 11.6. The predicted octanol–water partition coefficient (Wildman–Crippen LogP) is 4.68. The molecule has 1 amide bonds. The van der Waals surface area contributed by atoms with Gasteiger partial charge in [-0.2, -0.15) is 0 Å². The van der Waals surface area contributed by atoms with Crippen molar-refractivity contribution in [1.29, 1.82) is 0 Å². The van der Waals surface area contributed by atoms with Gasteiger partial charge in [-0.15, -0.1) is 0 Å². The topological polar surface area (TPSA) is 110 Å². The maximum Gasteiger partial charge on any atom is 0.264 e. The second-order valence-corrected chi connectivity index (χ2v) is 10.4. The molecule has 1 aliphatic rings.